The van der Waals surface area contributed by atoms with Crippen LogP contribution in [0.3, 0.4) is 0 Å². The molecule has 12 heteroatoms. The number of amides is 2. The quantitative estimate of drug-likeness (QED) is 0.356. The number of halogens is 4. The zero-order chi connectivity index (χ0) is 27.2. The van der Waals surface area contributed by atoms with E-state index in [9.17, 15) is 18.0 Å². The molecular weight excluding hydrogens is 568 g/mol. The van der Waals surface area contributed by atoms with E-state index in [1.54, 1.807) is 25.1 Å². The number of hydrogen-bond donors (Lipinski definition) is 1. The van der Waals surface area contributed by atoms with E-state index in [2.05, 4.69) is 5.32 Å². The number of carbonyl (C=O) groups is 2. The monoisotopic (exact) mass is 595 g/mol. The Bertz CT molecular complexity index is 1190. The van der Waals surface area contributed by atoms with Gasteiger partial charge in [0.1, 0.15) is 12.6 Å². The van der Waals surface area contributed by atoms with Crippen LogP contribution in [0.15, 0.2) is 36.4 Å². The Morgan fingerprint density at radius 2 is 1.58 bits per heavy atom. The maximum Gasteiger partial charge on any atom is 0.244 e. The lowest BCUT2D eigenvalue weighted by atomic mass is 10.1. The predicted octanol–water partition coefficient (Wildman–Crippen LogP) is 5.79. The van der Waals surface area contributed by atoms with E-state index in [-0.39, 0.29) is 35.6 Å². The first-order chi connectivity index (χ1) is 16.8. The van der Waals surface area contributed by atoms with Crippen molar-refractivity contribution in [1.82, 2.24) is 10.2 Å². The van der Waals surface area contributed by atoms with Gasteiger partial charge in [0.15, 0.2) is 0 Å². The molecule has 0 saturated heterocycles. The van der Waals surface area contributed by atoms with E-state index in [4.69, 9.17) is 46.4 Å². The lowest BCUT2D eigenvalue weighted by Crippen LogP contribution is -2.53. The van der Waals surface area contributed by atoms with Gasteiger partial charge in [-0.3, -0.25) is 13.9 Å². The van der Waals surface area contributed by atoms with Crippen LogP contribution in [-0.4, -0.2) is 50.0 Å². The smallest absolute Gasteiger partial charge is 0.244 e. The van der Waals surface area contributed by atoms with Gasteiger partial charge >= 0.3 is 0 Å². The molecule has 0 aliphatic rings. The lowest BCUT2D eigenvalue weighted by molar-refractivity contribution is -0.140. The van der Waals surface area contributed by atoms with Crippen molar-refractivity contribution in [3.05, 3.63) is 62.1 Å². The molecule has 1 N–H and O–H groups in total. The number of rotatable bonds is 11. The Kier molecular flexibility index (Phi) is 11.2. The molecule has 7 nitrogen and oxygen atoms in total. The van der Waals surface area contributed by atoms with Gasteiger partial charge in [-0.15, -0.1) is 0 Å². The van der Waals surface area contributed by atoms with Gasteiger partial charge in [0, 0.05) is 33.2 Å². The summed E-state index contributed by atoms with van der Waals surface area (Å²) in [6.07, 6.45) is 1.94. The van der Waals surface area contributed by atoms with E-state index in [0.29, 0.717) is 27.1 Å². The van der Waals surface area contributed by atoms with Crippen molar-refractivity contribution in [2.75, 3.05) is 17.1 Å². The van der Waals surface area contributed by atoms with Gasteiger partial charge < -0.3 is 10.2 Å². The first kappa shape index (κ1) is 30.5. The fourth-order valence-electron chi connectivity index (χ4n) is 3.49. The van der Waals surface area contributed by atoms with Gasteiger partial charge in [-0.05, 0) is 50.1 Å². The van der Waals surface area contributed by atoms with E-state index in [0.717, 1.165) is 10.6 Å². The second kappa shape index (κ2) is 13.2. The molecule has 0 saturated carbocycles. The minimum Gasteiger partial charge on any atom is -0.352 e. The van der Waals surface area contributed by atoms with Gasteiger partial charge in [-0.1, -0.05) is 66.3 Å². The van der Waals surface area contributed by atoms with Crippen molar-refractivity contribution in [1.29, 1.82) is 0 Å². The van der Waals surface area contributed by atoms with Crippen LogP contribution < -0.4 is 9.62 Å². The van der Waals surface area contributed by atoms with Crippen molar-refractivity contribution >= 4 is 73.9 Å². The molecule has 2 rings (SSSR count). The van der Waals surface area contributed by atoms with Crippen LogP contribution in [-0.2, 0) is 26.2 Å². The number of carbonyl (C=O) groups excluding carboxylic acids is 2. The van der Waals surface area contributed by atoms with E-state index >= 15 is 0 Å². The molecule has 0 spiro atoms. The summed E-state index contributed by atoms with van der Waals surface area (Å²) in [4.78, 5) is 28.2. The van der Waals surface area contributed by atoms with Crippen LogP contribution in [0.1, 0.15) is 39.2 Å². The SMILES string of the molecule is CC[C@@H](C)NC(=O)[C@H](CC)N(Cc1c(Cl)cccc1Cl)C(=O)CN(c1ccc(Cl)cc1Cl)S(C)(=O)=O. The van der Waals surface area contributed by atoms with Crippen molar-refractivity contribution in [3.63, 3.8) is 0 Å². The first-order valence-corrected chi connectivity index (χ1v) is 14.6. The van der Waals surface area contributed by atoms with Gasteiger partial charge in [0.2, 0.25) is 21.8 Å². The second-order valence-corrected chi connectivity index (χ2v) is 11.9. The summed E-state index contributed by atoms with van der Waals surface area (Å²) in [6.45, 7) is 4.85. The molecule has 36 heavy (non-hydrogen) atoms. The highest BCUT2D eigenvalue weighted by Gasteiger charge is 2.33. The highest BCUT2D eigenvalue weighted by Crippen LogP contribution is 2.31. The number of anilines is 1. The molecule has 2 atom stereocenters. The minimum absolute atomic E-state index is 0.0583. The Labute approximate surface area is 232 Å². The molecule has 198 valence electrons. The summed E-state index contributed by atoms with van der Waals surface area (Å²) in [5.41, 5.74) is 0.532. The molecule has 0 heterocycles. The average Bonchev–Trinajstić information content (AvgIpc) is 2.78. The Hall–Kier alpha value is -1.71. The number of nitrogens with one attached hydrogen (secondary N) is 1. The normalized spacial score (nSPS) is 13.1. The largest absolute Gasteiger partial charge is 0.352 e. The number of hydrogen-bond acceptors (Lipinski definition) is 4. The van der Waals surface area contributed by atoms with E-state index in [1.807, 2.05) is 13.8 Å². The minimum atomic E-state index is -3.94. The van der Waals surface area contributed by atoms with Gasteiger partial charge in [-0.25, -0.2) is 8.42 Å². The molecular formula is C24H29Cl4N3O4S. The molecule has 2 aromatic rings. The fraction of sp³-hybridized carbons (Fsp3) is 0.417. The van der Waals surface area contributed by atoms with Crippen LogP contribution in [0.4, 0.5) is 5.69 Å². The third kappa shape index (κ3) is 7.89. The van der Waals surface area contributed by atoms with Gasteiger partial charge in [-0.2, -0.15) is 0 Å². The second-order valence-electron chi connectivity index (χ2n) is 8.33. The average molecular weight is 597 g/mol. The molecule has 0 aromatic heterocycles. The summed E-state index contributed by atoms with van der Waals surface area (Å²) in [5.74, 6) is -0.993. The van der Waals surface area contributed by atoms with Crippen LogP contribution in [0.25, 0.3) is 0 Å². The third-order valence-corrected chi connectivity index (χ3v) is 8.01. The Morgan fingerprint density at radius 3 is 2.08 bits per heavy atom. The lowest BCUT2D eigenvalue weighted by Gasteiger charge is -2.34. The highest BCUT2D eigenvalue weighted by atomic mass is 35.5. The zero-order valence-corrected chi connectivity index (χ0v) is 24.2. The number of sulfonamides is 1. The van der Waals surface area contributed by atoms with Crippen LogP contribution in [0, 0.1) is 0 Å². The maximum absolute atomic E-state index is 13.7. The molecule has 0 fully saturated rings. The molecule has 2 aromatic carbocycles. The standard InChI is InChI=1S/C24H29Cl4N3O4S/c1-5-15(3)29-24(33)21(6-2)30(13-17-18(26)8-7-9-19(17)27)23(32)14-31(36(4,34)35)22-11-10-16(25)12-20(22)28/h7-12,15,21H,5-6,13-14H2,1-4H3,(H,29,33)/t15-,21+/m1/s1. The molecule has 0 unspecified atom stereocenters. The maximum atomic E-state index is 13.7. The summed E-state index contributed by atoms with van der Waals surface area (Å²) < 4.78 is 26.3. The van der Waals surface area contributed by atoms with Crippen molar-refractivity contribution in [3.8, 4) is 0 Å². The van der Waals surface area contributed by atoms with Gasteiger partial charge in [0.05, 0.1) is 17.0 Å². The molecule has 0 aliphatic heterocycles. The first-order valence-electron chi connectivity index (χ1n) is 11.3. The Morgan fingerprint density at radius 1 is 0.972 bits per heavy atom. The summed E-state index contributed by atoms with van der Waals surface area (Å²) in [5, 5.41) is 3.90. The molecule has 0 bridgehead atoms. The zero-order valence-electron chi connectivity index (χ0n) is 20.4. The summed E-state index contributed by atoms with van der Waals surface area (Å²) in [6, 6.07) is 8.18. The molecule has 0 aliphatic carbocycles. The van der Waals surface area contributed by atoms with E-state index in [1.165, 1.54) is 23.1 Å². The van der Waals surface area contributed by atoms with Crippen molar-refractivity contribution in [2.45, 2.75) is 52.2 Å². The predicted molar refractivity (Wildman–Crippen MR) is 148 cm³/mol. The summed E-state index contributed by atoms with van der Waals surface area (Å²) >= 11 is 25.0. The Balaban J connectivity index is 2.53. The van der Waals surface area contributed by atoms with Crippen molar-refractivity contribution in [2.24, 2.45) is 0 Å². The molecule has 2 amide bonds. The van der Waals surface area contributed by atoms with E-state index < -0.39 is 28.5 Å². The topological polar surface area (TPSA) is 86.8 Å². The fourth-order valence-corrected chi connectivity index (χ4v) is 5.43. The van der Waals surface area contributed by atoms with Crippen LogP contribution in [0.5, 0.6) is 0 Å². The summed E-state index contributed by atoms with van der Waals surface area (Å²) in [7, 11) is -3.94. The molecule has 0 radical (unpaired) electrons. The van der Waals surface area contributed by atoms with Crippen molar-refractivity contribution < 1.29 is 18.0 Å². The van der Waals surface area contributed by atoms with Crippen LogP contribution in [0.2, 0.25) is 20.1 Å². The van der Waals surface area contributed by atoms with Gasteiger partial charge in [0.25, 0.3) is 0 Å². The number of benzene rings is 2. The van der Waals surface area contributed by atoms with Crippen LogP contribution >= 0.6 is 46.4 Å². The number of nitrogens with zero attached hydrogens (tertiary/aromatic N) is 2. The highest BCUT2D eigenvalue weighted by molar-refractivity contribution is 7.92. The third-order valence-electron chi connectivity index (χ3n) is 5.63.